The van der Waals surface area contributed by atoms with Gasteiger partial charge >= 0.3 is 0 Å². The number of aliphatic hydroxyl groups is 1. The third kappa shape index (κ3) is 4.11. The van der Waals surface area contributed by atoms with Crippen LogP contribution in [-0.2, 0) is 9.59 Å². The largest absolute Gasteiger partial charge is 0.507 e. The van der Waals surface area contributed by atoms with Crippen molar-refractivity contribution >= 4 is 46.3 Å². The molecule has 0 spiro atoms. The maximum Gasteiger partial charge on any atom is 0.300 e. The van der Waals surface area contributed by atoms with E-state index in [4.69, 9.17) is 32.7 Å². The van der Waals surface area contributed by atoms with Crippen LogP contribution in [0.4, 0.5) is 5.69 Å². The van der Waals surface area contributed by atoms with Gasteiger partial charge in [-0.05, 0) is 54.8 Å². The van der Waals surface area contributed by atoms with Gasteiger partial charge in [0.15, 0.2) is 11.5 Å². The Balaban J connectivity index is 2.04. The number of hydrogen-bond acceptors (Lipinski definition) is 6. The molecule has 3 aromatic rings. The molecule has 1 aromatic heterocycles. The molecular formula is C26H22Cl2N2O5. The molecular weight excluding hydrogens is 491 g/mol. The summed E-state index contributed by atoms with van der Waals surface area (Å²) in [6.07, 6.45) is 3.11. The molecule has 0 radical (unpaired) electrons. The monoisotopic (exact) mass is 512 g/mol. The summed E-state index contributed by atoms with van der Waals surface area (Å²) >= 11 is 12.7. The van der Waals surface area contributed by atoms with E-state index >= 15 is 0 Å². The minimum atomic E-state index is -0.928. The number of halogens is 2. The molecule has 0 saturated carbocycles. The van der Waals surface area contributed by atoms with Gasteiger partial charge in [0.1, 0.15) is 10.8 Å². The second-order valence-corrected chi connectivity index (χ2v) is 8.81. The van der Waals surface area contributed by atoms with Crippen molar-refractivity contribution in [3.8, 4) is 11.5 Å². The Bertz CT molecular complexity index is 1370. The van der Waals surface area contributed by atoms with Gasteiger partial charge in [-0.25, -0.2) is 0 Å². The van der Waals surface area contributed by atoms with Gasteiger partial charge in [0.25, 0.3) is 11.7 Å². The van der Waals surface area contributed by atoms with Crippen LogP contribution in [-0.4, -0.2) is 36.0 Å². The number of nitrogens with zero attached hydrogens (tertiary/aromatic N) is 2. The quantitative estimate of drug-likeness (QED) is 0.270. The molecule has 1 atom stereocenters. The summed E-state index contributed by atoms with van der Waals surface area (Å²) in [5.74, 6) is -1.89. The predicted octanol–water partition coefficient (Wildman–Crippen LogP) is 5.65. The molecule has 0 bridgehead atoms. The average molecular weight is 513 g/mol. The second-order valence-electron chi connectivity index (χ2n) is 8.03. The van der Waals surface area contributed by atoms with Gasteiger partial charge in [0.05, 0.1) is 36.4 Å². The molecule has 0 aliphatic carbocycles. The number of ether oxygens (including phenoxy) is 2. The van der Waals surface area contributed by atoms with Crippen molar-refractivity contribution in [1.82, 2.24) is 4.98 Å². The molecule has 1 N–H and O–H groups in total. The Kier molecular flexibility index (Phi) is 6.74. The minimum absolute atomic E-state index is 0.0215. The van der Waals surface area contributed by atoms with Gasteiger partial charge < -0.3 is 14.6 Å². The molecule has 9 heteroatoms. The zero-order chi connectivity index (χ0) is 25.4. The maximum atomic E-state index is 13.4. The number of aliphatic hydroxyl groups excluding tert-OH is 1. The normalized spacial score (nSPS) is 17.1. The molecule has 1 amide bonds. The molecule has 1 unspecified atom stereocenters. The highest BCUT2D eigenvalue weighted by Gasteiger charge is 2.47. The molecule has 4 rings (SSSR count). The fraction of sp³-hybridized carbons (Fsp3) is 0.192. The molecule has 2 aromatic carbocycles. The van der Waals surface area contributed by atoms with Gasteiger partial charge in [0, 0.05) is 18.1 Å². The summed E-state index contributed by atoms with van der Waals surface area (Å²) < 4.78 is 10.6. The molecule has 180 valence electrons. The fourth-order valence-corrected chi connectivity index (χ4v) is 4.90. The van der Waals surface area contributed by atoms with Crippen LogP contribution in [0.1, 0.15) is 28.3 Å². The zero-order valence-electron chi connectivity index (χ0n) is 19.4. The summed E-state index contributed by atoms with van der Waals surface area (Å²) in [4.78, 5) is 32.3. The molecule has 35 heavy (non-hydrogen) atoms. The molecule has 1 saturated heterocycles. The number of methoxy groups -OCH3 is 2. The van der Waals surface area contributed by atoms with Gasteiger partial charge in [0.2, 0.25) is 0 Å². The number of aryl methyl sites for hydroxylation is 2. The Labute approximate surface area is 212 Å². The average Bonchev–Trinajstić information content (AvgIpc) is 3.11. The minimum Gasteiger partial charge on any atom is -0.507 e. The number of carbonyl (C=O) groups excluding carboxylic acids is 2. The number of Topliss-reactive ketones (excluding diaryl/α,β-unsaturated/α-hetero) is 1. The molecule has 1 aliphatic rings. The first-order chi connectivity index (χ1) is 16.7. The number of rotatable bonds is 5. The van der Waals surface area contributed by atoms with Gasteiger partial charge in [-0.1, -0.05) is 35.3 Å². The van der Waals surface area contributed by atoms with Crippen LogP contribution >= 0.6 is 23.2 Å². The topological polar surface area (TPSA) is 89.0 Å². The molecule has 2 heterocycles. The number of pyridine rings is 1. The Morgan fingerprint density at radius 2 is 1.66 bits per heavy atom. The standard InChI is InChI=1S/C26H22Cl2N2O5/c1-13-5-6-14(2)18(11-13)30-21(15-7-9-29-10-8-15)19(23(32)26(30)33)22(31)16-12-17(27)25(35-4)20(28)24(16)34-3/h5-12,21,31H,1-4H3/b22-19+. The highest BCUT2D eigenvalue weighted by molar-refractivity contribution is 6.52. The van der Waals surface area contributed by atoms with Crippen LogP contribution in [0.3, 0.4) is 0 Å². The maximum absolute atomic E-state index is 13.4. The van der Waals surface area contributed by atoms with E-state index in [2.05, 4.69) is 4.98 Å². The summed E-state index contributed by atoms with van der Waals surface area (Å²) in [7, 11) is 2.76. The zero-order valence-corrected chi connectivity index (χ0v) is 20.9. The molecule has 7 nitrogen and oxygen atoms in total. The van der Waals surface area contributed by atoms with Crippen LogP contribution in [0.2, 0.25) is 10.0 Å². The number of amides is 1. The smallest absolute Gasteiger partial charge is 0.300 e. The van der Waals surface area contributed by atoms with Gasteiger partial charge in [-0.2, -0.15) is 0 Å². The number of benzene rings is 2. The van der Waals surface area contributed by atoms with E-state index in [-0.39, 0.29) is 32.7 Å². The predicted molar refractivity (Wildman–Crippen MR) is 135 cm³/mol. The lowest BCUT2D eigenvalue weighted by atomic mass is 9.95. The first kappa shape index (κ1) is 24.6. The van der Waals surface area contributed by atoms with E-state index in [0.29, 0.717) is 11.3 Å². The van der Waals surface area contributed by atoms with Gasteiger partial charge in [-0.15, -0.1) is 0 Å². The van der Waals surface area contributed by atoms with Crippen molar-refractivity contribution < 1.29 is 24.2 Å². The van der Waals surface area contributed by atoms with Crippen LogP contribution in [0, 0.1) is 13.8 Å². The highest BCUT2D eigenvalue weighted by Crippen LogP contribution is 2.48. The third-order valence-corrected chi connectivity index (χ3v) is 6.51. The second kappa shape index (κ2) is 9.60. The third-order valence-electron chi connectivity index (χ3n) is 5.89. The summed E-state index contributed by atoms with van der Waals surface area (Å²) in [5.41, 5.74) is 2.79. The number of hydrogen-bond donors (Lipinski definition) is 1. The van der Waals surface area contributed by atoms with Crippen molar-refractivity contribution in [2.75, 3.05) is 19.1 Å². The summed E-state index contributed by atoms with van der Waals surface area (Å²) in [6.45, 7) is 3.75. The van der Waals surface area contributed by atoms with E-state index in [0.717, 1.165) is 11.1 Å². The molecule has 1 fully saturated rings. The van der Waals surface area contributed by atoms with E-state index in [9.17, 15) is 14.7 Å². The Hall–Kier alpha value is -3.55. The SMILES string of the molecule is COc1c(Cl)cc(/C(O)=C2\C(=O)C(=O)N(c3cc(C)ccc3C)C2c2ccncc2)c(OC)c1Cl. The van der Waals surface area contributed by atoms with E-state index in [1.165, 1.54) is 25.2 Å². The van der Waals surface area contributed by atoms with Crippen molar-refractivity contribution in [3.05, 3.63) is 86.7 Å². The summed E-state index contributed by atoms with van der Waals surface area (Å²) in [6, 6.07) is 9.46. The van der Waals surface area contributed by atoms with Gasteiger partial charge in [-0.3, -0.25) is 19.5 Å². The van der Waals surface area contributed by atoms with E-state index in [1.807, 2.05) is 32.0 Å². The highest BCUT2D eigenvalue weighted by atomic mass is 35.5. The number of carbonyl (C=O) groups is 2. The first-order valence-electron chi connectivity index (χ1n) is 10.6. The van der Waals surface area contributed by atoms with Crippen molar-refractivity contribution in [2.24, 2.45) is 0 Å². The first-order valence-corrected chi connectivity index (χ1v) is 11.3. The fourth-order valence-electron chi connectivity index (χ4n) is 4.21. The Morgan fingerprint density at radius 3 is 2.29 bits per heavy atom. The van der Waals surface area contributed by atoms with Crippen molar-refractivity contribution in [2.45, 2.75) is 19.9 Å². The van der Waals surface area contributed by atoms with Crippen LogP contribution in [0.5, 0.6) is 11.5 Å². The number of aromatic nitrogens is 1. The molecule has 1 aliphatic heterocycles. The summed E-state index contributed by atoms with van der Waals surface area (Å²) in [5, 5.41) is 11.6. The van der Waals surface area contributed by atoms with E-state index < -0.39 is 23.5 Å². The Morgan fingerprint density at radius 1 is 1.00 bits per heavy atom. The van der Waals surface area contributed by atoms with Crippen molar-refractivity contribution in [3.63, 3.8) is 0 Å². The van der Waals surface area contributed by atoms with Crippen LogP contribution in [0.25, 0.3) is 5.76 Å². The lowest BCUT2D eigenvalue weighted by Gasteiger charge is -2.27. The number of ketones is 1. The van der Waals surface area contributed by atoms with Crippen LogP contribution < -0.4 is 14.4 Å². The lowest BCUT2D eigenvalue weighted by molar-refractivity contribution is -0.132. The van der Waals surface area contributed by atoms with Crippen LogP contribution in [0.15, 0.2) is 54.4 Å². The number of anilines is 1. The lowest BCUT2D eigenvalue weighted by Crippen LogP contribution is -2.30. The van der Waals surface area contributed by atoms with Crippen molar-refractivity contribution in [1.29, 1.82) is 0 Å². The van der Waals surface area contributed by atoms with E-state index in [1.54, 1.807) is 24.5 Å².